The van der Waals surface area contributed by atoms with E-state index in [0.717, 1.165) is 0 Å². The van der Waals surface area contributed by atoms with E-state index in [1.165, 1.54) is 0 Å². The van der Waals surface area contributed by atoms with Crippen LogP contribution in [-0.2, 0) is 18.9 Å². The lowest BCUT2D eigenvalue weighted by atomic mass is 10.0. The maximum atomic E-state index is 13.5. The maximum absolute atomic E-state index is 13.5. The highest BCUT2D eigenvalue weighted by atomic mass is 19.5. The van der Waals surface area contributed by atoms with Gasteiger partial charge in [-0.05, 0) is 35.4 Å². The monoisotopic (exact) mass is 1210 g/mol. The lowest BCUT2D eigenvalue weighted by molar-refractivity contribution is -0.466. The Bertz CT molecular complexity index is 1800. The molecule has 6 nitrogen and oxygen atoms in total. The van der Waals surface area contributed by atoms with Crippen LogP contribution in [0.1, 0.15) is 0 Å². The van der Waals surface area contributed by atoms with E-state index in [1.54, 1.807) is 0 Å². The highest BCUT2D eigenvalue weighted by Gasteiger charge is 2.89. The van der Waals surface area contributed by atoms with Crippen molar-refractivity contribution in [2.45, 2.75) is 109 Å². The Morgan fingerprint density at radius 1 is 0.250 bits per heavy atom. The summed E-state index contributed by atoms with van der Waals surface area (Å²) in [6.07, 6.45) is -101. The number of halogens is 36. The Hall–Kier alpha value is -4.64. The molecule has 0 aliphatic rings. The second kappa shape index (κ2) is 20.9. The molecule has 0 unspecified atom stereocenters. The fraction of sp³-hybridized carbons (Fsp3) is 0.647. The molecule has 0 radical (unpaired) electrons. The van der Waals surface area contributed by atoms with E-state index < -0.39 is 158 Å². The van der Waals surface area contributed by atoms with Crippen molar-refractivity contribution in [1.29, 1.82) is 0 Å². The van der Waals surface area contributed by atoms with Crippen LogP contribution in [0.4, 0.5) is 158 Å². The molecular formula is C34H18F36O6. The molecule has 0 aliphatic heterocycles. The van der Waals surface area contributed by atoms with Gasteiger partial charge in [0.25, 0.3) is 0 Å². The SMILES string of the molecule is FC(F)(F)C(OCC(COC(C(F)(F)F)(C(F)(F)F)C(F)(F)F)Oc1cccc(-c2cccc(OC(COC(C(F)(F)F)(C(F)(F)F)C(F)(F)F)COC(C(F)(F)F)(C(F)(F)F)C(F)(F)F)c2)c1)(C(F)(F)F)C(F)(F)F. The van der Waals surface area contributed by atoms with Gasteiger partial charge >= 0.3 is 96.5 Å². The summed E-state index contributed by atoms with van der Waals surface area (Å²) in [7, 11) is 0. The minimum Gasteiger partial charge on any atom is -0.486 e. The summed E-state index contributed by atoms with van der Waals surface area (Å²) in [6, 6.07) is 2.26. The lowest BCUT2D eigenvalue weighted by Gasteiger charge is -2.40. The molecule has 2 rings (SSSR count). The van der Waals surface area contributed by atoms with Crippen molar-refractivity contribution in [1.82, 2.24) is 0 Å². The van der Waals surface area contributed by atoms with Crippen LogP contribution in [0.15, 0.2) is 48.5 Å². The van der Waals surface area contributed by atoms with Crippen LogP contribution in [0.5, 0.6) is 11.5 Å². The third-order valence-electron chi connectivity index (χ3n) is 9.34. The highest BCUT2D eigenvalue weighted by Crippen LogP contribution is 2.59. The summed E-state index contributed by atoms with van der Waals surface area (Å²) in [5, 5.41) is 0. The smallest absolute Gasteiger partial charge is 0.435 e. The zero-order valence-electron chi connectivity index (χ0n) is 34.7. The Labute approximate surface area is 393 Å². The van der Waals surface area contributed by atoms with Gasteiger partial charge in [0, 0.05) is 0 Å². The van der Waals surface area contributed by atoms with Gasteiger partial charge in [0.15, 0.2) is 0 Å². The molecule has 0 atom stereocenters. The van der Waals surface area contributed by atoms with Gasteiger partial charge in [-0.15, -0.1) is 0 Å². The summed E-state index contributed by atoms with van der Waals surface area (Å²) in [6.45, 7) is -13.3. The predicted octanol–water partition coefficient (Wildman–Crippen LogP) is 14.6. The largest absolute Gasteiger partial charge is 0.486 e. The van der Waals surface area contributed by atoms with E-state index in [0.29, 0.717) is 24.3 Å². The topological polar surface area (TPSA) is 55.4 Å². The average Bonchev–Trinajstić information content (AvgIpc) is 3.12. The lowest BCUT2D eigenvalue weighted by Crippen LogP contribution is -2.69. The van der Waals surface area contributed by atoms with Gasteiger partial charge in [-0.1, -0.05) is 24.3 Å². The molecule has 0 saturated heterocycles. The standard InChI is InChI=1S/C34H18F36O6/c35-23(36,37)19(24(38,39)40,25(41,42)43)71-9-17(10-72-20(26(44,45)46,27(47,48)49)28(50,51)52)75-15-5-1-3-13(7-15)14-4-2-6-16(8-14)76-18(11-73-21(29(53,54)55,30(56,57)58)31(59,60)61)12-74-22(32(62,63)64,33(65,66)67)34(68,69)70/h1-8,17-18H,9-12H2. The molecule has 42 heteroatoms. The van der Waals surface area contributed by atoms with Crippen LogP contribution in [-0.4, -0.2) is 135 Å². The van der Waals surface area contributed by atoms with Crippen LogP contribution >= 0.6 is 0 Å². The van der Waals surface area contributed by atoms with Crippen molar-refractivity contribution in [2.24, 2.45) is 0 Å². The van der Waals surface area contributed by atoms with Crippen molar-refractivity contribution in [2.75, 3.05) is 26.4 Å². The van der Waals surface area contributed by atoms with E-state index in [9.17, 15) is 158 Å². The van der Waals surface area contributed by atoms with Gasteiger partial charge in [-0.25, -0.2) is 0 Å². The van der Waals surface area contributed by atoms with Gasteiger partial charge in [0.1, 0.15) is 23.7 Å². The van der Waals surface area contributed by atoms with Gasteiger partial charge in [-0.2, -0.15) is 158 Å². The number of ether oxygens (including phenoxy) is 6. The second-order valence-corrected chi connectivity index (χ2v) is 14.5. The summed E-state index contributed by atoms with van der Waals surface area (Å²) < 4.78 is 508. The predicted molar refractivity (Wildman–Crippen MR) is 168 cm³/mol. The van der Waals surface area contributed by atoms with Crippen LogP contribution in [0.2, 0.25) is 0 Å². The summed E-state index contributed by atoms with van der Waals surface area (Å²) in [5.41, 5.74) is -32.0. The normalized spacial score (nSPS) is 15.5. The maximum Gasteiger partial charge on any atom is 0.435 e. The molecule has 0 saturated carbocycles. The molecule has 2 aromatic rings. The Kier molecular flexibility index (Phi) is 18.5. The van der Waals surface area contributed by atoms with Crippen LogP contribution in [0, 0.1) is 0 Å². The van der Waals surface area contributed by atoms with Crippen molar-refractivity contribution >= 4 is 0 Å². The third kappa shape index (κ3) is 12.8. The van der Waals surface area contributed by atoms with Crippen molar-refractivity contribution in [3.8, 4) is 22.6 Å². The summed E-state index contributed by atoms with van der Waals surface area (Å²) in [4.78, 5) is 0. The first-order chi connectivity index (χ1) is 33.3. The van der Waals surface area contributed by atoms with E-state index in [2.05, 4.69) is 28.4 Å². The fourth-order valence-electron chi connectivity index (χ4n) is 5.90. The third-order valence-corrected chi connectivity index (χ3v) is 9.34. The number of benzene rings is 2. The Morgan fingerprint density at radius 3 is 0.553 bits per heavy atom. The molecule has 0 spiro atoms. The minimum absolute atomic E-state index is 0.0690. The van der Waals surface area contributed by atoms with Gasteiger partial charge in [0.05, 0.1) is 26.4 Å². The zero-order chi connectivity index (χ0) is 60.2. The molecule has 0 heterocycles. The second-order valence-electron chi connectivity index (χ2n) is 14.5. The van der Waals surface area contributed by atoms with E-state index in [1.807, 2.05) is 0 Å². The number of hydrogen-bond acceptors (Lipinski definition) is 6. The highest BCUT2D eigenvalue weighted by molar-refractivity contribution is 5.66. The van der Waals surface area contributed by atoms with Crippen molar-refractivity contribution in [3.63, 3.8) is 0 Å². The number of alkyl halides is 36. The Balaban J connectivity index is 2.90. The van der Waals surface area contributed by atoms with E-state index in [-0.39, 0.29) is 24.3 Å². The van der Waals surface area contributed by atoms with Gasteiger partial charge in [0.2, 0.25) is 0 Å². The van der Waals surface area contributed by atoms with E-state index >= 15 is 0 Å². The average molecular weight is 1210 g/mol. The molecule has 0 aliphatic carbocycles. The number of hydrogen-bond donors (Lipinski definition) is 0. The molecule has 0 fully saturated rings. The molecule has 76 heavy (non-hydrogen) atoms. The first kappa shape index (κ1) is 67.5. The summed E-state index contributed by atoms with van der Waals surface area (Å²) in [5.74, 6) is -3.14. The van der Waals surface area contributed by atoms with Gasteiger partial charge in [-0.3, -0.25) is 0 Å². The molecule has 0 N–H and O–H groups in total. The summed E-state index contributed by atoms with van der Waals surface area (Å²) >= 11 is 0. The van der Waals surface area contributed by atoms with Crippen LogP contribution < -0.4 is 9.47 Å². The zero-order valence-corrected chi connectivity index (χ0v) is 34.7. The molecule has 442 valence electrons. The molecule has 0 amide bonds. The molecule has 2 aromatic carbocycles. The number of rotatable bonds is 17. The van der Waals surface area contributed by atoms with Gasteiger partial charge < -0.3 is 28.4 Å². The van der Waals surface area contributed by atoms with Crippen molar-refractivity contribution < 1.29 is 186 Å². The molecule has 0 bridgehead atoms. The molecule has 0 aromatic heterocycles. The Morgan fingerprint density at radius 2 is 0.408 bits per heavy atom. The molecular weight excluding hydrogens is 1190 g/mol. The first-order valence-corrected chi connectivity index (χ1v) is 18.2. The van der Waals surface area contributed by atoms with Crippen LogP contribution in [0.3, 0.4) is 0 Å². The first-order valence-electron chi connectivity index (χ1n) is 18.2. The minimum atomic E-state index is -7.79. The van der Waals surface area contributed by atoms with Crippen molar-refractivity contribution in [3.05, 3.63) is 48.5 Å². The quantitative estimate of drug-likeness (QED) is 0.147. The fourth-order valence-corrected chi connectivity index (χ4v) is 5.90. The van der Waals surface area contributed by atoms with Crippen LogP contribution in [0.25, 0.3) is 11.1 Å². The van der Waals surface area contributed by atoms with E-state index in [4.69, 9.17) is 0 Å².